The van der Waals surface area contributed by atoms with Gasteiger partial charge in [-0.2, -0.15) is 0 Å². The van der Waals surface area contributed by atoms with Crippen LogP contribution >= 0.6 is 0 Å². The second-order valence-electron chi connectivity index (χ2n) is 9.49. The molecular weight excluding hydrogens is 338 g/mol. The zero-order valence-electron chi connectivity index (χ0n) is 17.0. The summed E-state index contributed by atoms with van der Waals surface area (Å²) in [5.41, 5.74) is -0.562. The van der Waals surface area contributed by atoms with Crippen molar-refractivity contribution in [1.82, 2.24) is 4.90 Å². The van der Waals surface area contributed by atoms with E-state index in [2.05, 4.69) is 33.9 Å². The predicted molar refractivity (Wildman–Crippen MR) is 100 cm³/mol. The molecule has 0 bridgehead atoms. The molecule has 1 aliphatic heterocycles. The number of carbonyl (C=O) groups excluding carboxylic acids is 1. The molecule has 1 heterocycles. The SMILES string of the molecule is CC(C)(C)OC(=O)N1CC[C@H](C(=O)O)[C@H](CO[Si](C)(C)C(C)(C)C)C1. The summed E-state index contributed by atoms with van der Waals surface area (Å²) >= 11 is 0. The van der Waals surface area contributed by atoms with E-state index in [0.29, 0.717) is 26.1 Å². The Morgan fingerprint density at radius 1 is 1.16 bits per heavy atom. The van der Waals surface area contributed by atoms with Crippen molar-refractivity contribution in [3.63, 3.8) is 0 Å². The third-order valence-electron chi connectivity index (χ3n) is 5.17. The van der Waals surface area contributed by atoms with Gasteiger partial charge in [0.25, 0.3) is 0 Å². The minimum Gasteiger partial charge on any atom is -0.481 e. The average Bonchev–Trinajstić information content (AvgIpc) is 2.41. The Balaban J connectivity index is 2.81. The Kier molecular flexibility index (Phi) is 6.73. The van der Waals surface area contributed by atoms with Crippen LogP contribution < -0.4 is 0 Å². The molecule has 146 valence electrons. The lowest BCUT2D eigenvalue weighted by Gasteiger charge is -2.41. The van der Waals surface area contributed by atoms with Crippen LogP contribution in [0.5, 0.6) is 0 Å². The van der Waals surface area contributed by atoms with Gasteiger partial charge in [-0.25, -0.2) is 4.79 Å². The van der Waals surface area contributed by atoms with Crippen molar-refractivity contribution in [2.24, 2.45) is 11.8 Å². The largest absolute Gasteiger partial charge is 0.481 e. The molecule has 1 rings (SSSR count). The smallest absolute Gasteiger partial charge is 0.410 e. The molecule has 1 fully saturated rings. The topological polar surface area (TPSA) is 76.1 Å². The fraction of sp³-hybridized carbons (Fsp3) is 0.889. The van der Waals surface area contributed by atoms with Crippen molar-refractivity contribution in [2.45, 2.75) is 71.7 Å². The van der Waals surface area contributed by atoms with Gasteiger partial charge in [0, 0.05) is 25.6 Å². The van der Waals surface area contributed by atoms with Crippen molar-refractivity contribution >= 4 is 20.4 Å². The highest BCUT2D eigenvalue weighted by Crippen LogP contribution is 2.37. The summed E-state index contributed by atoms with van der Waals surface area (Å²) in [4.78, 5) is 25.5. The molecule has 25 heavy (non-hydrogen) atoms. The first kappa shape index (κ1) is 22.0. The van der Waals surface area contributed by atoms with Crippen LogP contribution in [0.15, 0.2) is 0 Å². The van der Waals surface area contributed by atoms with Crippen molar-refractivity contribution in [3.8, 4) is 0 Å². The number of ether oxygens (including phenoxy) is 1. The number of carboxylic acid groups (broad SMARTS) is 1. The van der Waals surface area contributed by atoms with Gasteiger partial charge in [0.05, 0.1) is 5.92 Å². The molecule has 0 radical (unpaired) electrons. The van der Waals surface area contributed by atoms with Gasteiger partial charge >= 0.3 is 12.1 Å². The number of hydrogen-bond acceptors (Lipinski definition) is 4. The molecule has 0 unspecified atom stereocenters. The maximum atomic E-state index is 12.3. The molecule has 0 aliphatic carbocycles. The first-order valence-electron chi connectivity index (χ1n) is 8.99. The number of amides is 1. The highest BCUT2D eigenvalue weighted by Gasteiger charge is 2.41. The third kappa shape index (κ3) is 6.29. The third-order valence-corrected chi connectivity index (χ3v) is 9.67. The number of hydrogen-bond donors (Lipinski definition) is 1. The second kappa shape index (κ2) is 7.66. The van der Waals surface area contributed by atoms with Crippen LogP contribution in [-0.4, -0.2) is 55.7 Å². The molecule has 1 amide bonds. The minimum atomic E-state index is -1.97. The quantitative estimate of drug-likeness (QED) is 0.755. The zero-order valence-corrected chi connectivity index (χ0v) is 18.0. The second-order valence-corrected chi connectivity index (χ2v) is 14.3. The summed E-state index contributed by atoms with van der Waals surface area (Å²) < 4.78 is 11.7. The van der Waals surface area contributed by atoms with Gasteiger partial charge in [-0.1, -0.05) is 20.8 Å². The van der Waals surface area contributed by atoms with Gasteiger partial charge in [0.2, 0.25) is 0 Å². The van der Waals surface area contributed by atoms with E-state index in [-0.39, 0.29) is 17.0 Å². The lowest BCUT2D eigenvalue weighted by atomic mass is 9.86. The number of likely N-dealkylation sites (tertiary alicyclic amines) is 1. The standard InChI is InChI=1S/C18H35NO5Si/c1-17(2,3)24-16(22)19-10-9-14(15(20)21)13(11-19)12-23-25(7,8)18(4,5)6/h13-14H,9-12H2,1-8H3,(H,20,21)/t13-,14-/m0/s1. The van der Waals surface area contributed by atoms with Gasteiger partial charge in [-0.15, -0.1) is 0 Å². The molecule has 6 nitrogen and oxygen atoms in total. The summed E-state index contributed by atoms with van der Waals surface area (Å²) in [6.07, 6.45) is 0.0498. The fourth-order valence-corrected chi connectivity index (χ4v) is 3.61. The number of carboxylic acids is 1. The van der Waals surface area contributed by atoms with Gasteiger partial charge in [0.1, 0.15) is 5.60 Å². The van der Waals surface area contributed by atoms with E-state index >= 15 is 0 Å². The van der Waals surface area contributed by atoms with E-state index in [4.69, 9.17) is 9.16 Å². The maximum absolute atomic E-state index is 12.3. The van der Waals surface area contributed by atoms with Gasteiger partial charge in [0.15, 0.2) is 8.32 Å². The number of carbonyl (C=O) groups is 2. The van der Waals surface area contributed by atoms with Crippen LogP contribution in [-0.2, 0) is 14.0 Å². The first-order valence-corrected chi connectivity index (χ1v) is 11.9. The lowest BCUT2D eigenvalue weighted by molar-refractivity contribution is -0.146. The zero-order chi connectivity index (χ0) is 19.6. The predicted octanol–water partition coefficient (Wildman–Crippen LogP) is 3.97. The number of rotatable bonds is 4. The Morgan fingerprint density at radius 2 is 1.72 bits per heavy atom. The summed E-state index contributed by atoms with van der Waals surface area (Å²) in [6.45, 7) is 17.4. The minimum absolute atomic E-state index is 0.0608. The Hall–Kier alpha value is -1.08. The summed E-state index contributed by atoms with van der Waals surface area (Å²) in [7, 11) is -1.97. The lowest BCUT2D eigenvalue weighted by Crippen LogP contribution is -2.50. The highest BCUT2D eigenvalue weighted by molar-refractivity contribution is 6.74. The molecule has 0 aromatic heterocycles. The Labute approximate surface area is 153 Å². The molecule has 7 heteroatoms. The highest BCUT2D eigenvalue weighted by atomic mass is 28.4. The van der Waals surface area contributed by atoms with E-state index < -0.39 is 25.8 Å². The molecule has 1 saturated heterocycles. The first-order chi connectivity index (χ1) is 11.1. The number of piperidine rings is 1. The molecule has 0 aromatic carbocycles. The number of aliphatic carboxylic acids is 1. The summed E-state index contributed by atoms with van der Waals surface area (Å²) in [5, 5.41) is 9.59. The van der Waals surface area contributed by atoms with Crippen LogP contribution in [0.25, 0.3) is 0 Å². The van der Waals surface area contributed by atoms with Gasteiger partial charge in [-0.05, 0) is 45.3 Å². The van der Waals surface area contributed by atoms with Crippen LogP contribution in [0, 0.1) is 11.8 Å². The van der Waals surface area contributed by atoms with Crippen LogP contribution in [0.4, 0.5) is 4.79 Å². The van der Waals surface area contributed by atoms with Crippen molar-refractivity contribution in [2.75, 3.05) is 19.7 Å². The van der Waals surface area contributed by atoms with E-state index in [1.165, 1.54) is 0 Å². The van der Waals surface area contributed by atoms with E-state index in [9.17, 15) is 14.7 Å². The maximum Gasteiger partial charge on any atom is 0.410 e. The molecule has 1 N–H and O–H groups in total. The summed E-state index contributed by atoms with van der Waals surface area (Å²) in [6, 6.07) is 0. The summed E-state index contributed by atoms with van der Waals surface area (Å²) in [5.74, 6) is -1.51. The van der Waals surface area contributed by atoms with Crippen molar-refractivity contribution < 1.29 is 23.9 Å². The van der Waals surface area contributed by atoms with Crippen LogP contribution in [0.3, 0.4) is 0 Å². The molecule has 2 atom stereocenters. The molecular formula is C18H35NO5Si. The van der Waals surface area contributed by atoms with E-state index in [1.54, 1.807) is 4.90 Å². The average molecular weight is 374 g/mol. The van der Waals surface area contributed by atoms with E-state index in [0.717, 1.165) is 0 Å². The number of nitrogens with zero attached hydrogens (tertiary/aromatic N) is 1. The molecule has 0 aromatic rings. The van der Waals surface area contributed by atoms with Crippen LogP contribution in [0.2, 0.25) is 18.1 Å². The molecule has 0 saturated carbocycles. The van der Waals surface area contributed by atoms with Crippen LogP contribution in [0.1, 0.15) is 48.0 Å². The van der Waals surface area contributed by atoms with Gasteiger partial charge in [-0.3, -0.25) is 4.79 Å². The monoisotopic (exact) mass is 373 g/mol. The van der Waals surface area contributed by atoms with Gasteiger partial charge < -0.3 is 19.2 Å². The Morgan fingerprint density at radius 3 is 2.16 bits per heavy atom. The molecule has 1 aliphatic rings. The fourth-order valence-electron chi connectivity index (χ4n) is 2.55. The Bertz CT molecular complexity index is 493. The van der Waals surface area contributed by atoms with Crippen molar-refractivity contribution in [3.05, 3.63) is 0 Å². The normalized spacial score (nSPS) is 22.6. The van der Waals surface area contributed by atoms with Crippen molar-refractivity contribution in [1.29, 1.82) is 0 Å². The van der Waals surface area contributed by atoms with E-state index in [1.807, 2.05) is 20.8 Å². The molecule has 0 spiro atoms.